The van der Waals surface area contributed by atoms with E-state index in [9.17, 15) is 4.79 Å². The molecule has 0 unspecified atom stereocenters. The average Bonchev–Trinajstić information content (AvgIpc) is 2.83. The fraction of sp³-hybridized carbons (Fsp3) is 0.480. The summed E-state index contributed by atoms with van der Waals surface area (Å²) in [5, 5.41) is 9.14. The van der Waals surface area contributed by atoms with Crippen LogP contribution in [-0.2, 0) is 22.4 Å². The van der Waals surface area contributed by atoms with Gasteiger partial charge in [-0.1, -0.05) is 48.9 Å². The number of benzene rings is 2. The average molecular weight is 427 g/mol. The van der Waals surface area contributed by atoms with Crippen LogP contribution in [0.4, 0.5) is 0 Å². The Kier molecular flexibility index (Phi) is 9.83. The summed E-state index contributed by atoms with van der Waals surface area (Å²) >= 11 is 0. The van der Waals surface area contributed by atoms with Crippen molar-refractivity contribution in [2.45, 2.75) is 32.1 Å². The summed E-state index contributed by atoms with van der Waals surface area (Å²) < 4.78 is 11.2. The minimum absolute atomic E-state index is 0.242. The third-order valence-corrected chi connectivity index (χ3v) is 5.78. The maximum Gasteiger partial charge on any atom is 0.246 e. The van der Waals surface area contributed by atoms with E-state index in [1.54, 1.807) is 0 Å². The number of hydrogen-bond donors (Lipinski definition) is 2. The van der Waals surface area contributed by atoms with E-state index in [1.165, 1.54) is 5.56 Å². The molecule has 0 aromatic heterocycles. The first-order valence-electron chi connectivity index (χ1n) is 11.2. The molecule has 1 heterocycles. The number of hydrogen-bond acceptors (Lipinski definition) is 5. The number of morpholine rings is 1. The zero-order valence-electron chi connectivity index (χ0n) is 18.2. The van der Waals surface area contributed by atoms with E-state index in [0.717, 1.165) is 69.8 Å². The molecule has 0 aliphatic carbocycles. The summed E-state index contributed by atoms with van der Waals surface area (Å²) in [5.41, 5.74) is 4.22. The van der Waals surface area contributed by atoms with Crippen LogP contribution in [0, 0.1) is 5.92 Å². The highest BCUT2D eigenvalue weighted by Gasteiger charge is 2.18. The van der Waals surface area contributed by atoms with Gasteiger partial charge in [0, 0.05) is 25.6 Å². The molecule has 3 rings (SSSR count). The Bertz CT molecular complexity index is 761. The molecule has 6 nitrogen and oxygen atoms in total. The van der Waals surface area contributed by atoms with Crippen LogP contribution in [0.3, 0.4) is 0 Å². The number of amides is 1. The minimum Gasteiger partial charge on any atom is -0.492 e. The Morgan fingerprint density at radius 1 is 1.03 bits per heavy atom. The van der Waals surface area contributed by atoms with Gasteiger partial charge in [-0.25, -0.2) is 5.48 Å². The molecule has 2 aromatic rings. The molecule has 0 bridgehead atoms. The lowest BCUT2D eigenvalue weighted by Gasteiger charge is -2.26. The number of nitrogens with one attached hydrogen (secondary N) is 1. The van der Waals surface area contributed by atoms with E-state index >= 15 is 0 Å². The van der Waals surface area contributed by atoms with Crippen LogP contribution in [0.15, 0.2) is 54.6 Å². The molecule has 1 atom stereocenters. The first-order valence-corrected chi connectivity index (χ1v) is 11.2. The van der Waals surface area contributed by atoms with Crippen molar-refractivity contribution in [2.24, 2.45) is 5.92 Å². The SMILES string of the molecule is O=C(NO)[C@H](CCCCc1ccccc1)Cc1ccc(OCCN2CCOCC2)cc1. The zero-order valence-corrected chi connectivity index (χ0v) is 18.2. The Morgan fingerprint density at radius 3 is 2.48 bits per heavy atom. The lowest BCUT2D eigenvalue weighted by atomic mass is 9.92. The van der Waals surface area contributed by atoms with Crippen molar-refractivity contribution in [2.75, 3.05) is 39.5 Å². The zero-order chi connectivity index (χ0) is 21.7. The molecule has 0 saturated carbocycles. The minimum atomic E-state index is -0.314. The molecule has 2 N–H and O–H groups in total. The van der Waals surface area contributed by atoms with Crippen molar-refractivity contribution < 1.29 is 19.5 Å². The van der Waals surface area contributed by atoms with E-state index in [1.807, 2.05) is 47.9 Å². The largest absolute Gasteiger partial charge is 0.492 e. The van der Waals surface area contributed by atoms with Crippen LogP contribution in [0.1, 0.15) is 30.4 Å². The predicted octanol–water partition coefficient (Wildman–Crippen LogP) is 3.47. The summed E-state index contributed by atoms with van der Waals surface area (Å²) in [6.45, 7) is 5.06. The molecular formula is C25H34N2O4. The Hall–Kier alpha value is -2.41. The van der Waals surface area contributed by atoms with Crippen molar-refractivity contribution in [3.8, 4) is 5.75 Å². The van der Waals surface area contributed by atoms with E-state index in [0.29, 0.717) is 13.0 Å². The van der Waals surface area contributed by atoms with E-state index < -0.39 is 0 Å². The highest BCUT2D eigenvalue weighted by Crippen LogP contribution is 2.20. The summed E-state index contributed by atoms with van der Waals surface area (Å²) in [5.74, 6) is 0.280. The van der Waals surface area contributed by atoms with Crippen molar-refractivity contribution in [3.63, 3.8) is 0 Å². The standard InChI is InChI=1S/C25H34N2O4/c28-25(26-29)23(9-5-4-8-21-6-2-1-3-7-21)20-22-10-12-24(13-11-22)31-19-16-27-14-17-30-18-15-27/h1-3,6-7,10-13,23,29H,4-5,8-9,14-20H2,(H,26,28)/t23-/m1/s1. The van der Waals surface area contributed by atoms with Gasteiger partial charge in [0.1, 0.15) is 12.4 Å². The number of unbranched alkanes of at least 4 members (excludes halogenated alkanes) is 1. The van der Waals surface area contributed by atoms with Gasteiger partial charge in [-0.15, -0.1) is 0 Å². The monoisotopic (exact) mass is 426 g/mol. The molecule has 6 heteroatoms. The topological polar surface area (TPSA) is 71.0 Å². The summed E-state index contributed by atoms with van der Waals surface area (Å²) in [6.07, 6.45) is 4.32. The van der Waals surface area contributed by atoms with Gasteiger partial charge in [0.2, 0.25) is 5.91 Å². The molecule has 168 valence electrons. The van der Waals surface area contributed by atoms with Crippen LogP contribution >= 0.6 is 0 Å². The van der Waals surface area contributed by atoms with Gasteiger partial charge in [0.25, 0.3) is 0 Å². The highest BCUT2D eigenvalue weighted by atomic mass is 16.5. The number of aryl methyl sites for hydroxylation is 1. The van der Waals surface area contributed by atoms with Crippen molar-refractivity contribution in [1.29, 1.82) is 0 Å². The van der Waals surface area contributed by atoms with E-state index in [4.69, 9.17) is 14.7 Å². The fourth-order valence-electron chi connectivity index (χ4n) is 3.91. The van der Waals surface area contributed by atoms with Gasteiger partial charge in [-0.05, 0) is 48.9 Å². The van der Waals surface area contributed by atoms with Crippen LogP contribution in [-0.4, -0.2) is 55.5 Å². The quantitative estimate of drug-likeness (QED) is 0.309. The van der Waals surface area contributed by atoms with Crippen molar-refractivity contribution in [1.82, 2.24) is 10.4 Å². The Morgan fingerprint density at radius 2 is 1.77 bits per heavy atom. The second kappa shape index (κ2) is 13.1. The van der Waals surface area contributed by atoms with E-state index in [-0.39, 0.29) is 11.8 Å². The van der Waals surface area contributed by atoms with Gasteiger partial charge in [-0.2, -0.15) is 0 Å². The summed E-state index contributed by atoms with van der Waals surface area (Å²) in [7, 11) is 0. The molecule has 1 aliphatic heterocycles. The molecule has 1 aliphatic rings. The third-order valence-electron chi connectivity index (χ3n) is 5.78. The van der Waals surface area contributed by atoms with Gasteiger partial charge < -0.3 is 9.47 Å². The number of nitrogens with zero attached hydrogens (tertiary/aromatic N) is 1. The fourth-order valence-corrected chi connectivity index (χ4v) is 3.91. The molecular weight excluding hydrogens is 392 g/mol. The van der Waals surface area contributed by atoms with Crippen LogP contribution in [0.2, 0.25) is 0 Å². The van der Waals surface area contributed by atoms with Crippen LogP contribution < -0.4 is 10.2 Å². The highest BCUT2D eigenvalue weighted by molar-refractivity contribution is 5.77. The lowest BCUT2D eigenvalue weighted by Crippen LogP contribution is -2.38. The lowest BCUT2D eigenvalue weighted by molar-refractivity contribution is -0.133. The third kappa shape index (κ3) is 8.32. The second-order valence-corrected chi connectivity index (χ2v) is 8.05. The normalized spacial score (nSPS) is 15.4. The van der Waals surface area contributed by atoms with Gasteiger partial charge in [-0.3, -0.25) is 14.9 Å². The molecule has 31 heavy (non-hydrogen) atoms. The molecule has 0 radical (unpaired) electrons. The number of carbonyl (C=O) groups excluding carboxylic acids is 1. The Labute approximate surface area is 185 Å². The summed E-state index contributed by atoms with van der Waals surface area (Å²) in [4.78, 5) is 14.5. The summed E-state index contributed by atoms with van der Waals surface area (Å²) in [6, 6.07) is 18.3. The van der Waals surface area contributed by atoms with Crippen molar-refractivity contribution >= 4 is 5.91 Å². The number of ether oxygens (including phenoxy) is 2. The van der Waals surface area contributed by atoms with Gasteiger partial charge in [0.05, 0.1) is 13.2 Å². The van der Waals surface area contributed by atoms with Gasteiger partial charge >= 0.3 is 0 Å². The maximum absolute atomic E-state index is 12.1. The first-order chi connectivity index (χ1) is 15.2. The smallest absolute Gasteiger partial charge is 0.246 e. The van der Waals surface area contributed by atoms with Crippen molar-refractivity contribution in [3.05, 3.63) is 65.7 Å². The van der Waals surface area contributed by atoms with Crippen LogP contribution in [0.25, 0.3) is 0 Å². The van der Waals surface area contributed by atoms with Gasteiger partial charge in [0.15, 0.2) is 0 Å². The molecule has 1 saturated heterocycles. The number of rotatable bonds is 12. The maximum atomic E-state index is 12.1. The second-order valence-electron chi connectivity index (χ2n) is 8.05. The molecule has 1 fully saturated rings. The number of hydroxylamine groups is 1. The predicted molar refractivity (Wildman–Crippen MR) is 120 cm³/mol. The number of carbonyl (C=O) groups is 1. The molecule has 2 aromatic carbocycles. The Balaban J connectivity index is 1.41. The van der Waals surface area contributed by atoms with E-state index in [2.05, 4.69) is 17.0 Å². The molecule has 0 spiro atoms. The first kappa shape index (κ1) is 23.3. The molecule has 1 amide bonds. The van der Waals surface area contributed by atoms with Crippen LogP contribution in [0.5, 0.6) is 5.75 Å².